The Balaban J connectivity index is 1.84. The van der Waals surface area contributed by atoms with Crippen molar-refractivity contribution in [1.29, 1.82) is 0 Å². The summed E-state index contributed by atoms with van der Waals surface area (Å²) < 4.78 is 5.34. The van der Waals surface area contributed by atoms with Gasteiger partial charge in [0.2, 0.25) is 0 Å². The molecule has 0 bridgehead atoms. The summed E-state index contributed by atoms with van der Waals surface area (Å²) in [6.07, 6.45) is 0.666. The largest absolute Gasteiger partial charge is 0.382 e. The number of hydrogen-bond donors (Lipinski definition) is 0. The lowest BCUT2D eigenvalue weighted by Gasteiger charge is -2.34. The molecule has 0 saturated carbocycles. The van der Waals surface area contributed by atoms with Gasteiger partial charge >= 0.3 is 0 Å². The highest BCUT2D eigenvalue weighted by molar-refractivity contribution is 7.11. The minimum atomic E-state index is -0.169. The molecule has 6 nitrogen and oxygen atoms in total. The number of hydrogen-bond acceptors (Lipinski definition) is 6. The Morgan fingerprint density at radius 3 is 2.56 bits per heavy atom. The minimum absolute atomic E-state index is 0.158. The van der Waals surface area contributed by atoms with E-state index in [-0.39, 0.29) is 11.8 Å². The van der Waals surface area contributed by atoms with E-state index in [2.05, 4.69) is 16.8 Å². The maximum Gasteiger partial charge on any atom is 0.277 e. The summed E-state index contributed by atoms with van der Waals surface area (Å²) in [5.74, 6) is -0.327. The fraction of sp³-hybridized carbons (Fsp3) is 0.556. The fourth-order valence-electron chi connectivity index (χ4n) is 3.20. The van der Waals surface area contributed by atoms with Crippen molar-refractivity contribution in [3.8, 4) is 0 Å². The van der Waals surface area contributed by atoms with Crippen LogP contribution in [0, 0.1) is 0 Å². The van der Waals surface area contributed by atoms with Crippen LogP contribution in [0.2, 0.25) is 0 Å². The number of nitrogens with zero attached hydrogens (tertiary/aromatic N) is 3. The van der Waals surface area contributed by atoms with Gasteiger partial charge in [0.15, 0.2) is 0 Å². The monoisotopic (exact) mass is 363 g/mol. The predicted octanol–water partition coefficient (Wildman–Crippen LogP) is 1.50. The lowest BCUT2D eigenvalue weighted by molar-refractivity contribution is -0.137. The van der Waals surface area contributed by atoms with Crippen LogP contribution in [0.25, 0.3) is 5.57 Å². The van der Waals surface area contributed by atoms with Crippen molar-refractivity contribution in [1.82, 2.24) is 14.7 Å². The Kier molecular flexibility index (Phi) is 5.88. The Hall–Kier alpha value is -1.70. The molecule has 3 rings (SSSR count). The van der Waals surface area contributed by atoms with E-state index in [4.69, 9.17) is 4.74 Å². The average molecular weight is 363 g/mol. The second-order valence-electron chi connectivity index (χ2n) is 6.30. The molecule has 0 spiro atoms. The number of thiophene rings is 1. The fourth-order valence-corrected chi connectivity index (χ4v) is 3.96. The molecule has 0 aromatic carbocycles. The highest BCUT2D eigenvalue weighted by Crippen LogP contribution is 2.34. The van der Waals surface area contributed by atoms with Crippen LogP contribution in [0.3, 0.4) is 0 Å². The Morgan fingerprint density at radius 2 is 1.92 bits per heavy atom. The molecule has 2 amide bonds. The standard InChI is InChI=1S/C18H25N3O3S/c1-3-24-12-5-7-21-17(22)15(14-6-4-13-25-14)16(18(21)23)20-10-8-19(2)9-11-20/h4,6,13H,3,5,7-12H2,1-2H3. The lowest BCUT2D eigenvalue weighted by Crippen LogP contribution is -2.46. The van der Waals surface area contributed by atoms with Gasteiger partial charge in [-0.2, -0.15) is 0 Å². The van der Waals surface area contributed by atoms with Gasteiger partial charge in [-0.25, -0.2) is 0 Å². The second-order valence-corrected chi connectivity index (χ2v) is 7.25. The number of carbonyl (C=O) groups is 2. The molecule has 0 atom stereocenters. The third kappa shape index (κ3) is 3.78. The van der Waals surface area contributed by atoms with Crippen molar-refractivity contribution in [2.45, 2.75) is 13.3 Å². The summed E-state index contributed by atoms with van der Waals surface area (Å²) in [5.41, 5.74) is 1.15. The molecule has 136 valence electrons. The van der Waals surface area contributed by atoms with E-state index in [1.54, 1.807) is 0 Å². The summed E-state index contributed by atoms with van der Waals surface area (Å²) in [6.45, 7) is 6.88. The zero-order valence-corrected chi connectivity index (χ0v) is 15.7. The molecule has 0 unspecified atom stereocenters. The van der Waals surface area contributed by atoms with Crippen molar-refractivity contribution in [2.24, 2.45) is 0 Å². The Labute approximate surface area is 152 Å². The third-order valence-corrected chi connectivity index (χ3v) is 5.49. The number of ether oxygens (including phenoxy) is 1. The molecule has 1 saturated heterocycles. The van der Waals surface area contributed by atoms with E-state index in [9.17, 15) is 9.59 Å². The van der Waals surface area contributed by atoms with E-state index in [0.717, 1.165) is 31.1 Å². The molecular weight excluding hydrogens is 338 g/mol. The number of carbonyl (C=O) groups excluding carboxylic acids is 2. The molecule has 0 N–H and O–H groups in total. The van der Waals surface area contributed by atoms with Gasteiger partial charge in [-0.3, -0.25) is 14.5 Å². The van der Waals surface area contributed by atoms with Gasteiger partial charge in [-0.05, 0) is 31.8 Å². The van der Waals surface area contributed by atoms with Crippen LogP contribution in [-0.4, -0.2) is 79.5 Å². The van der Waals surface area contributed by atoms with Crippen LogP contribution >= 0.6 is 11.3 Å². The van der Waals surface area contributed by atoms with Gasteiger partial charge in [0.25, 0.3) is 11.8 Å². The summed E-state index contributed by atoms with van der Waals surface area (Å²) in [4.78, 5) is 32.6. The molecule has 2 aliphatic heterocycles. The van der Waals surface area contributed by atoms with Gasteiger partial charge in [-0.15, -0.1) is 11.3 Å². The molecule has 3 heterocycles. The van der Waals surface area contributed by atoms with Crippen molar-refractivity contribution >= 4 is 28.7 Å². The zero-order valence-electron chi connectivity index (χ0n) is 14.9. The third-order valence-electron chi connectivity index (χ3n) is 4.61. The quantitative estimate of drug-likeness (QED) is 0.543. The number of imide groups is 1. The first-order chi connectivity index (χ1) is 12.1. The Morgan fingerprint density at radius 1 is 1.16 bits per heavy atom. The van der Waals surface area contributed by atoms with Crippen molar-refractivity contribution in [3.63, 3.8) is 0 Å². The smallest absolute Gasteiger partial charge is 0.277 e. The molecule has 1 fully saturated rings. The first-order valence-corrected chi connectivity index (χ1v) is 9.67. The van der Waals surface area contributed by atoms with Gasteiger partial charge < -0.3 is 14.5 Å². The normalized spacial score (nSPS) is 19.4. The molecule has 1 aromatic rings. The first-order valence-electron chi connectivity index (χ1n) is 8.79. The highest BCUT2D eigenvalue weighted by Gasteiger charge is 2.42. The van der Waals surface area contributed by atoms with Crippen molar-refractivity contribution in [3.05, 3.63) is 28.1 Å². The molecule has 0 radical (unpaired) electrons. The summed E-state index contributed by atoms with van der Waals surface area (Å²) in [7, 11) is 2.08. The van der Waals surface area contributed by atoms with Crippen LogP contribution < -0.4 is 0 Å². The maximum atomic E-state index is 13.0. The van der Waals surface area contributed by atoms with Gasteiger partial charge in [0.05, 0.1) is 5.57 Å². The predicted molar refractivity (Wildman–Crippen MR) is 98.1 cm³/mol. The van der Waals surface area contributed by atoms with Crippen molar-refractivity contribution < 1.29 is 14.3 Å². The van der Waals surface area contributed by atoms with Crippen LogP contribution in [0.4, 0.5) is 0 Å². The summed E-state index contributed by atoms with van der Waals surface area (Å²) >= 11 is 1.51. The highest BCUT2D eigenvalue weighted by atomic mass is 32.1. The Bertz CT molecular complexity index is 649. The van der Waals surface area contributed by atoms with Crippen LogP contribution in [-0.2, 0) is 14.3 Å². The average Bonchev–Trinajstić information content (AvgIpc) is 3.21. The minimum Gasteiger partial charge on any atom is -0.382 e. The molecule has 2 aliphatic rings. The number of likely N-dealkylation sites (N-methyl/N-ethyl adjacent to an activating group) is 1. The zero-order chi connectivity index (χ0) is 17.8. The first kappa shape index (κ1) is 18.1. The van der Waals surface area contributed by atoms with E-state index >= 15 is 0 Å². The molecule has 0 aliphatic carbocycles. The molecule has 7 heteroatoms. The van der Waals surface area contributed by atoms with E-state index < -0.39 is 0 Å². The molecular formula is C18H25N3O3S. The van der Waals surface area contributed by atoms with Crippen LogP contribution in [0.1, 0.15) is 18.2 Å². The lowest BCUT2D eigenvalue weighted by atomic mass is 10.1. The number of piperazine rings is 1. The van der Waals surface area contributed by atoms with Gasteiger partial charge in [0, 0.05) is 50.8 Å². The van der Waals surface area contributed by atoms with Crippen LogP contribution in [0.15, 0.2) is 23.2 Å². The van der Waals surface area contributed by atoms with Gasteiger partial charge in [-0.1, -0.05) is 6.07 Å². The summed E-state index contributed by atoms with van der Waals surface area (Å²) in [6, 6.07) is 3.84. The van der Waals surface area contributed by atoms with E-state index in [1.165, 1.54) is 16.2 Å². The number of rotatable bonds is 7. The van der Waals surface area contributed by atoms with E-state index in [1.807, 2.05) is 24.4 Å². The molecule has 1 aromatic heterocycles. The maximum absolute atomic E-state index is 13.0. The number of amides is 2. The van der Waals surface area contributed by atoms with Gasteiger partial charge in [0.1, 0.15) is 5.70 Å². The van der Waals surface area contributed by atoms with E-state index in [0.29, 0.717) is 37.4 Å². The van der Waals surface area contributed by atoms with Crippen molar-refractivity contribution in [2.75, 3.05) is 53.0 Å². The second kappa shape index (κ2) is 8.12. The summed E-state index contributed by atoms with van der Waals surface area (Å²) in [5, 5.41) is 1.94. The van der Waals surface area contributed by atoms with Crippen LogP contribution in [0.5, 0.6) is 0 Å². The topological polar surface area (TPSA) is 53.1 Å². The SMILES string of the molecule is CCOCCCN1C(=O)C(c2cccs2)=C(N2CCN(C)CC2)C1=O. The molecule has 25 heavy (non-hydrogen) atoms.